The Kier molecular flexibility index (Phi) is 5.74. The van der Waals surface area contributed by atoms with Gasteiger partial charge in [-0.15, -0.1) is 0 Å². The van der Waals surface area contributed by atoms with Gasteiger partial charge in [-0.3, -0.25) is 5.32 Å². The largest absolute Gasteiger partial charge is 0.444 e. The summed E-state index contributed by atoms with van der Waals surface area (Å²) < 4.78 is 7.54. The monoisotopic (exact) mass is 348 g/mol. The highest BCUT2D eigenvalue weighted by Gasteiger charge is 2.05. The van der Waals surface area contributed by atoms with Gasteiger partial charge in [0, 0.05) is 23.6 Å². The third kappa shape index (κ3) is 4.76. The highest BCUT2D eigenvalue weighted by Crippen LogP contribution is 2.13. The molecule has 0 unspecified atom stereocenters. The Morgan fingerprint density at radius 2 is 1.54 bits per heavy atom. The fourth-order valence-corrected chi connectivity index (χ4v) is 2.92. The number of hydrogen-bond acceptors (Lipinski definition) is 2. The van der Waals surface area contributed by atoms with E-state index in [1.54, 1.807) is 0 Å². The van der Waals surface area contributed by atoms with Crippen LogP contribution in [0.1, 0.15) is 22.5 Å². The number of carbonyl (C=O) groups excluding carboxylic acids is 1. The lowest BCUT2D eigenvalue weighted by Crippen LogP contribution is -2.13. The van der Waals surface area contributed by atoms with Crippen molar-refractivity contribution in [3.8, 4) is 0 Å². The van der Waals surface area contributed by atoms with Gasteiger partial charge < -0.3 is 9.30 Å². The lowest BCUT2D eigenvalue weighted by atomic mass is 10.1. The molecule has 4 heteroatoms. The van der Waals surface area contributed by atoms with Crippen LogP contribution in [0.25, 0.3) is 0 Å². The number of ether oxygens (including phenoxy) is 1. The minimum atomic E-state index is -0.444. The van der Waals surface area contributed by atoms with Gasteiger partial charge in [0.25, 0.3) is 0 Å². The van der Waals surface area contributed by atoms with Crippen molar-refractivity contribution in [3.05, 3.63) is 89.2 Å². The maximum absolute atomic E-state index is 11.9. The summed E-state index contributed by atoms with van der Waals surface area (Å²) in [5.74, 6) is 0. The van der Waals surface area contributed by atoms with Crippen molar-refractivity contribution in [3.63, 3.8) is 0 Å². The van der Waals surface area contributed by atoms with E-state index in [1.165, 1.54) is 17.0 Å². The molecule has 0 saturated carbocycles. The van der Waals surface area contributed by atoms with E-state index in [0.717, 1.165) is 24.2 Å². The lowest BCUT2D eigenvalue weighted by molar-refractivity contribution is 0.155. The molecule has 3 aromatic rings. The third-order valence-electron chi connectivity index (χ3n) is 4.45. The molecule has 3 rings (SSSR count). The Labute approximate surface area is 154 Å². The van der Waals surface area contributed by atoms with E-state index in [9.17, 15) is 4.79 Å². The Morgan fingerprint density at radius 3 is 2.19 bits per heavy atom. The van der Waals surface area contributed by atoms with Crippen LogP contribution in [0.5, 0.6) is 0 Å². The first-order valence-electron chi connectivity index (χ1n) is 8.81. The molecule has 0 atom stereocenters. The normalized spacial score (nSPS) is 10.5. The highest BCUT2D eigenvalue weighted by molar-refractivity contribution is 5.84. The molecule has 0 bridgehead atoms. The lowest BCUT2D eigenvalue weighted by Gasteiger charge is -2.10. The Balaban J connectivity index is 1.48. The maximum atomic E-state index is 11.9. The summed E-state index contributed by atoms with van der Waals surface area (Å²) in [5.41, 5.74) is 5.50. The average Bonchev–Trinajstić information content (AvgIpc) is 2.98. The van der Waals surface area contributed by atoms with Crippen molar-refractivity contribution in [1.29, 1.82) is 0 Å². The highest BCUT2D eigenvalue weighted by atomic mass is 16.5. The van der Waals surface area contributed by atoms with E-state index < -0.39 is 6.09 Å². The Hall–Kier alpha value is -3.01. The molecule has 1 aromatic heterocycles. The molecule has 4 nitrogen and oxygen atoms in total. The summed E-state index contributed by atoms with van der Waals surface area (Å²) in [4.78, 5) is 11.9. The number of nitrogens with one attached hydrogen (secondary N) is 1. The average molecular weight is 348 g/mol. The second kappa shape index (κ2) is 8.39. The zero-order chi connectivity index (χ0) is 18.4. The SMILES string of the molecule is Cc1ccc(C)n1CCc1ccc(NC(=O)OCc2ccccc2)cc1. The number of amides is 1. The van der Waals surface area contributed by atoms with Crippen molar-refractivity contribution in [2.45, 2.75) is 33.4 Å². The molecule has 134 valence electrons. The van der Waals surface area contributed by atoms with Crippen LogP contribution in [0, 0.1) is 13.8 Å². The van der Waals surface area contributed by atoms with Crippen LogP contribution in [0.4, 0.5) is 10.5 Å². The van der Waals surface area contributed by atoms with E-state index in [2.05, 4.69) is 35.9 Å². The van der Waals surface area contributed by atoms with Crippen LogP contribution in [-0.4, -0.2) is 10.7 Å². The fourth-order valence-electron chi connectivity index (χ4n) is 2.92. The summed E-state index contributed by atoms with van der Waals surface area (Å²) >= 11 is 0. The molecule has 2 aromatic carbocycles. The predicted octanol–water partition coefficient (Wildman–Crippen LogP) is 5.10. The molecule has 0 fully saturated rings. The number of benzene rings is 2. The molecule has 1 heterocycles. The molecule has 26 heavy (non-hydrogen) atoms. The van der Waals surface area contributed by atoms with Gasteiger partial charge >= 0.3 is 6.09 Å². The van der Waals surface area contributed by atoms with E-state index in [4.69, 9.17) is 4.74 Å². The molecule has 0 saturated heterocycles. The Bertz CT molecular complexity index is 832. The molecule has 0 spiro atoms. The van der Waals surface area contributed by atoms with Crippen LogP contribution >= 0.6 is 0 Å². The van der Waals surface area contributed by atoms with E-state index in [0.29, 0.717) is 0 Å². The molecule has 0 aliphatic rings. The van der Waals surface area contributed by atoms with Gasteiger partial charge in [-0.1, -0.05) is 42.5 Å². The van der Waals surface area contributed by atoms with Gasteiger partial charge in [-0.2, -0.15) is 0 Å². The van der Waals surface area contributed by atoms with Gasteiger partial charge in [0.05, 0.1) is 0 Å². The van der Waals surface area contributed by atoms with Crippen LogP contribution in [0.15, 0.2) is 66.7 Å². The number of aryl methyl sites for hydroxylation is 3. The molecule has 0 aliphatic carbocycles. The van der Waals surface area contributed by atoms with E-state index >= 15 is 0 Å². The Morgan fingerprint density at radius 1 is 0.885 bits per heavy atom. The van der Waals surface area contributed by atoms with Crippen LogP contribution in [0.3, 0.4) is 0 Å². The summed E-state index contributed by atoms with van der Waals surface area (Å²) in [7, 11) is 0. The number of anilines is 1. The van der Waals surface area contributed by atoms with Gasteiger partial charge in [0.1, 0.15) is 6.61 Å². The predicted molar refractivity (Wildman–Crippen MR) is 104 cm³/mol. The van der Waals surface area contributed by atoms with Crippen LogP contribution in [0.2, 0.25) is 0 Å². The minimum absolute atomic E-state index is 0.264. The number of hydrogen-bond donors (Lipinski definition) is 1. The third-order valence-corrected chi connectivity index (χ3v) is 4.45. The van der Waals surface area contributed by atoms with Gasteiger partial charge in [0.15, 0.2) is 0 Å². The molecular weight excluding hydrogens is 324 g/mol. The zero-order valence-corrected chi connectivity index (χ0v) is 15.2. The van der Waals surface area contributed by atoms with Gasteiger partial charge in [-0.05, 0) is 55.7 Å². The summed E-state index contributed by atoms with van der Waals surface area (Å²) in [6.07, 6.45) is 0.509. The fraction of sp³-hybridized carbons (Fsp3) is 0.227. The summed E-state index contributed by atoms with van der Waals surface area (Å²) in [5, 5.41) is 2.76. The first kappa shape index (κ1) is 17.8. The second-order valence-corrected chi connectivity index (χ2v) is 6.40. The van der Waals surface area contributed by atoms with Crippen molar-refractivity contribution >= 4 is 11.8 Å². The van der Waals surface area contributed by atoms with Crippen molar-refractivity contribution in [2.75, 3.05) is 5.32 Å². The van der Waals surface area contributed by atoms with Crippen LogP contribution in [-0.2, 0) is 24.3 Å². The molecular formula is C22H24N2O2. The molecule has 0 aliphatic heterocycles. The standard InChI is InChI=1S/C22H24N2O2/c1-17-8-9-18(2)24(17)15-14-19-10-12-21(13-11-19)23-22(25)26-16-20-6-4-3-5-7-20/h3-13H,14-16H2,1-2H3,(H,23,25). The summed E-state index contributed by atoms with van der Waals surface area (Å²) in [6, 6.07) is 21.8. The number of rotatable bonds is 6. The number of carbonyl (C=O) groups is 1. The van der Waals surface area contributed by atoms with Gasteiger partial charge in [0.2, 0.25) is 0 Å². The topological polar surface area (TPSA) is 43.3 Å². The smallest absolute Gasteiger partial charge is 0.411 e. The van der Waals surface area contributed by atoms with Crippen LogP contribution < -0.4 is 5.32 Å². The van der Waals surface area contributed by atoms with Crippen molar-refractivity contribution in [1.82, 2.24) is 4.57 Å². The molecule has 1 amide bonds. The number of aromatic nitrogens is 1. The first-order valence-corrected chi connectivity index (χ1v) is 8.81. The molecule has 0 radical (unpaired) electrons. The van der Waals surface area contributed by atoms with E-state index in [-0.39, 0.29) is 6.61 Å². The maximum Gasteiger partial charge on any atom is 0.411 e. The molecule has 1 N–H and O–H groups in total. The van der Waals surface area contributed by atoms with Gasteiger partial charge in [-0.25, -0.2) is 4.79 Å². The first-order chi connectivity index (χ1) is 12.6. The number of nitrogens with zero attached hydrogens (tertiary/aromatic N) is 1. The second-order valence-electron chi connectivity index (χ2n) is 6.40. The minimum Gasteiger partial charge on any atom is -0.444 e. The zero-order valence-electron chi connectivity index (χ0n) is 15.2. The van der Waals surface area contributed by atoms with Crippen molar-refractivity contribution < 1.29 is 9.53 Å². The van der Waals surface area contributed by atoms with E-state index in [1.807, 2.05) is 54.6 Å². The quantitative estimate of drug-likeness (QED) is 0.674. The van der Waals surface area contributed by atoms with Crippen molar-refractivity contribution in [2.24, 2.45) is 0 Å². The summed E-state index contributed by atoms with van der Waals surface area (Å²) in [6.45, 7) is 5.47.